The van der Waals surface area contributed by atoms with E-state index in [1.165, 1.54) is 13.4 Å². The Hall–Kier alpha value is -2.42. The molecule has 2 amide bonds. The van der Waals surface area contributed by atoms with Crippen LogP contribution in [0.1, 0.15) is 49.1 Å². The van der Waals surface area contributed by atoms with Crippen molar-refractivity contribution >= 4 is 17.8 Å². The zero-order valence-electron chi connectivity index (χ0n) is 15.3. The molecular weight excluding hydrogens is 328 g/mol. The van der Waals surface area contributed by atoms with Crippen LogP contribution in [0.4, 0.5) is 0 Å². The van der Waals surface area contributed by atoms with E-state index >= 15 is 0 Å². The maximum Gasteiger partial charge on any atom is 0.328 e. The Morgan fingerprint density at radius 3 is 2.44 bits per heavy atom. The molecular formula is C16H26N4O5. The average molecular weight is 354 g/mol. The second-order valence-corrected chi connectivity index (χ2v) is 5.79. The van der Waals surface area contributed by atoms with E-state index in [4.69, 9.17) is 4.42 Å². The Labute approximate surface area is 147 Å². The maximum absolute atomic E-state index is 12.2. The molecule has 0 aliphatic rings. The number of carbonyl (C=O) groups is 3. The topological polar surface area (TPSA) is 114 Å². The first-order valence-electron chi connectivity index (χ1n) is 8.10. The van der Waals surface area contributed by atoms with Gasteiger partial charge < -0.3 is 24.7 Å². The molecule has 1 aromatic rings. The standard InChI is InChI=1S/C16H26N4O5/c1-6-10(17-13(21)8-20(3)4)15-19-12(9-25-15)14(22)18-11(7-2)16(23)24-5/h9-11H,6-8H2,1-5H3,(H,17,21)(H,18,22)/t10-,11-/m0/s1. The highest BCUT2D eigenvalue weighted by molar-refractivity contribution is 5.94. The van der Waals surface area contributed by atoms with Crippen LogP contribution < -0.4 is 10.6 Å². The Bertz CT molecular complexity index is 599. The Morgan fingerprint density at radius 2 is 1.92 bits per heavy atom. The molecule has 1 heterocycles. The normalized spacial score (nSPS) is 13.2. The van der Waals surface area contributed by atoms with Gasteiger partial charge in [-0.2, -0.15) is 0 Å². The van der Waals surface area contributed by atoms with Crippen molar-refractivity contribution in [2.75, 3.05) is 27.7 Å². The van der Waals surface area contributed by atoms with Crippen molar-refractivity contribution < 1.29 is 23.5 Å². The van der Waals surface area contributed by atoms with Crippen LogP contribution in [0, 0.1) is 0 Å². The van der Waals surface area contributed by atoms with Crippen molar-refractivity contribution in [3.05, 3.63) is 17.8 Å². The molecule has 0 bridgehead atoms. The van der Waals surface area contributed by atoms with Crippen molar-refractivity contribution in [2.45, 2.75) is 38.8 Å². The number of aromatic nitrogens is 1. The summed E-state index contributed by atoms with van der Waals surface area (Å²) in [6, 6.07) is -1.18. The molecule has 2 atom stereocenters. The van der Waals surface area contributed by atoms with E-state index in [2.05, 4.69) is 20.4 Å². The van der Waals surface area contributed by atoms with Gasteiger partial charge in [0.15, 0.2) is 5.69 Å². The number of nitrogens with one attached hydrogen (secondary N) is 2. The van der Waals surface area contributed by atoms with Crippen molar-refractivity contribution in [3.8, 4) is 0 Å². The molecule has 0 aliphatic heterocycles. The molecule has 140 valence electrons. The zero-order valence-corrected chi connectivity index (χ0v) is 15.3. The smallest absolute Gasteiger partial charge is 0.328 e. The minimum absolute atomic E-state index is 0.0395. The quantitative estimate of drug-likeness (QED) is 0.620. The SMILES string of the molecule is CC[C@H](NC(=O)c1coc([C@H](CC)NC(=O)CN(C)C)n1)C(=O)OC. The number of methoxy groups -OCH3 is 1. The van der Waals surface area contributed by atoms with Gasteiger partial charge in [-0.25, -0.2) is 9.78 Å². The third kappa shape index (κ3) is 6.18. The fourth-order valence-corrected chi connectivity index (χ4v) is 2.12. The van der Waals surface area contributed by atoms with Gasteiger partial charge in [0.1, 0.15) is 18.3 Å². The van der Waals surface area contributed by atoms with Crippen LogP contribution in [-0.4, -0.2) is 61.5 Å². The third-order valence-electron chi connectivity index (χ3n) is 3.46. The fourth-order valence-electron chi connectivity index (χ4n) is 2.12. The van der Waals surface area contributed by atoms with E-state index in [1.807, 2.05) is 6.92 Å². The lowest BCUT2D eigenvalue weighted by Crippen LogP contribution is -2.41. The summed E-state index contributed by atoms with van der Waals surface area (Å²) in [6.45, 7) is 3.86. The minimum Gasteiger partial charge on any atom is -0.467 e. The molecule has 25 heavy (non-hydrogen) atoms. The molecule has 0 saturated carbocycles. The number of nitrogens with zero attached hydrogens (tertiary/aromatic N) is 2. The van der Waals surface area contributed by atoms with Crippen molar-refractivity contribution in [1.29, 1.82) is 0 Å². The highest BCUT2D eigenvalue weighted by Gasteiger charge is 2.24. The van der Waals surface area contributed by atoms with Gasteiger partial charge in [0.25, 0.3) is 5.91 Å². The van der Waals surface area contributed by atoms with Crippen molar-refractivity contribution in [2.24, 2.45) is 0 Å². The van der Waals surface area contributed by atoms with Crippen LogP contribution in [0.25, 0.3) is 0 Å². The molecule has 0 spiro atoms. The summed E-state index contributed by atoms with van der Waals surface area (Å²) in [7, 11) is 4.84. The first kappa shape index (κ1) is 20.6. The summed E-state index contributed by atoms with van der Waals surface area (Å²) in [5, 5.41) is 5.34. The summed E-state index contributed by atoms with van der Waals surface area (Å²) >= 11 is 0. The number of likely N-dealkylation sites (N-methyl/N-ethyl adjacent to an activating group) is 1. The summed E-state index contributed by atoms with van der Waals surface area (Å²) in [5.41, 5.74) is 0.0395. The predicted octanol–water partition coefficient (Wildman–Crippen LogP) is 0.485. The van der Waals surface area contributed by atoms with E-state index in [1.54, 1.807) is 25.9 Å². The summed E-state index contributed by atoms with van der Waals surface area (Å²) in [6.07, 6.45) is 2.15. The van der Waals surface area contributed by atoms with Crippen LogP contribution >= 0.6 is 0 Å². The average Bonchev–Trinajstić information content (AvgIpc) is 3.05. The Kier molecular flexibility index (Phi) is 8.06. The van der Waals surface area contributed by atoms with Crippen molar-refractivity contribution in [3.63, 3.8) is 0 Å². The van der Waals surface area contributed by atoms with Gasteiger partial charge in [0.2, 0.25) is 11.8 Å². The van der Waals surface area contributed by atoms with Crippen LogP contribution in [0.15, 0.2) is 10.7 Å². The minimum atomic E-state index is -0.751. The molecule has 0 unspecified atom stereocenters. The first-order valence-corrected chi connectivity index (χ1v) is 8.10. The first-order chi connectivity index (χ1) is 11.8. The lowest BCUT2D eigenvalue weighted by molar-refractivity contribution is -0.143. The zero-order chi connectivity index (χ0) is 19.0. The van der Waals surface area contributed by atoms with E-state index in [0.717, 1.165) is 0 Å². The van der Waals surface area contributed by atoms with Crippen LogP contribution in [0.5, 0.6) is 0 Å². The largest absolute Gasteiger partial charge is 0.467 e. The molecule has 9 heteroatoms. The third-order valence-corrected chi connectivity index (χ3v) is 3.46. The van der Waals surface area contributed by atoms with Gasteiger partial charge in [0.05, 0.1) is 13.7 Å². The van der Waals surface area contributed by atoms with Gasteiger partial charge in [0, 0.05) is 0 Å². The molecule has 1 rings (SSSR count). The highest BCUT2D eigenvalue weighted by Crippen LogP contribution is 2.16. The summed E-state index contributed by atoms with van der Waals surface area (Å²) in [5.74, 6) is -0.993. The number of rotatable bonds is 9. The lowest BCUT2D eigenvalue weighted by atomic mass is 10.2. The molecule has 0 aromatic carbocycles. The number of hydrogen-bond acceptors (Lipinski definition) is 7. The van der Waals surface area contributed by atoms with Gasteiger partial charge in [-0.3, -0.25) is 9.59 Å². The molecule has 0 radical (unpaired) electrons. The fraction of sp³-hybridized carbons (Fsp3) is 0.625. The number of oxazole rings is 1. The van der Waals surface area contributed by atoms with Gasteiger partial charge in [-0.1, -0.05) is 13.8 Å². The molecule has 1 aromatic heterocycles. The van der Waals surface area contributed by atoms with Gasteiger partial charge in [-0.15, -0.1) is 0 Å². The Balaban J connectivity index is 2.77. The lowest BCUT2D eigenvalue weighted by Gasteiger charge is -2.15. The van der Waals surface area contributed by atoms with Crippen LogP contribution in [0.3, 0.4) is 0 Å². The maximum atomic E-state index is 12.2. The Morgan fingerprint density at radius 1 is 1.24 bits per heavy atom. The number of esters is 1. The molecule has 2 N–H and O–H groups in total. The number of ether oxygens (including phenoxy) is 1. The number of hydrogen-bond donors (Lipinski definition) is 2. The molecule has 0 aliphatic carbocycles. The second-order valence-electron chi connectivity index (χ2n) is 5.79. The number of carbonyl (C=O) groups excluding carboxylic acids is 3. The number of amides is 2. The molecule has 0 fully saturated rings. The van der Waals surface area contributed by atoms with E-state index in [9.17, 15) is 14.4 Å². The van der Waals surface area contributed by atoms with Crippen LogP contribution in [-0.2, 0) is 14.3 Å². The van der Waals surface area contributed by atoms with Gasteiger partial charge >= 0.3 is 5.97 Å². The monoisotopic (exact) mass is 354 g/mol. The van der Waals surface area contributed by atoms with Gasteiger partial charge in [-0.05, 0) is 26.9 Å². The van der Waals surface area contributed by atoms with Crippen LogP contribution in [0.2, 0.25) is 0 Å². The van der Waals surface area contributed by atoms with E-state index in [-0.39, 0.29) is 24.0 Å². The van der Waals surface area contributed by atoms with E-state index in [0.29, 0.717) is 12.8 Å². The highest BCUT2D eigenvalue weighted by atomic mass is 16.5. The molecule has 0 saturated heterocycles. The summed E-state index contributed by atoms with van der Waals surface area (Å²) < 4.78 is 9.96. The van der Waals surface area contributed by atoms with Crippen molar-refractivity contribution in [1.82, 2.24) is 20.5 Å². The van der Waals surface area contributed by atoms with E-state index < -0.39 is 24.0 Å². The predicted molar refractivity (Wildman–Crippen MR) is 89.8 cm³/mol. The molecule has 9 nitrogen and oxygen atoms in total. The summed E-state index contributed by atoms with van der Waals surface area (Å²) in [4.78, 5) is 41.5. The second kappa shape index (κ2) is 9.77.